The highest BCUT2D eigenvalue weighted by Crippen LogP contribution is 2.39. The number of fused-ring (bicyclic) bond motifs is 1. The van der Waals surface area contributed by atoms with E-state index in [0.717, 1.165) is 10.3 Å². The first-order valence-electron chi connectivity index (χ1n) is 6.63. The van der Waals surface area contributed by atoms with Gasteiger partial charge in [-0.05, 0) is 30.0 Å². The molecule has 3 aromatic rings. The highest BCUT2D eigenvalue weighted by molar-refractivity contribution is 7.13. The quantitative estimate of drug-likeness (QED) is 0.744. The predicted octanol–water partition coefficient (Wildman–Crippen LogP) is 4.45. The SMILES string of the molecule is CCC(Oc1ccc2c(-c3cccs3)noc2c1Cl)C(=O)O. The van der Waals surface area contributed by atoms with Crippen molar-refractivity contribution in [3.8, 4) is 16.3 Å². The normalized spacial score (nSPS) is 12.5. The molecule has 2 aromatic heterocycles. The molecule has 0 amide bonds. The summed E-state index contributed by atoms with van der Waals surface area (Å²) in [5.74, 6) is -0.757. The van der Waals surface area contributed by atoms with Gasteiger partial charge in [-0.25, -0.2) is 4.79 Å². The molecule has 0 saturated carbocycles. The van der Waals surface area contributed by atoms with Gasteiger partial charge in [-0.1, -0.05) is 29.7 Å². The Morgan fingerprint density at radius 1 is 1.50 bits per heavy atom. The topological polar surface area (TPSA) is 72.6 Å². The summed E-state index contributed by atoms with van der Waals surface area (Å²) in [6, 6.07) is 7.29. The van der Waals surface area contributed by atoms with Crippen LogP contribution < -0.4 is 4.74 Å². The molecule has 0 aliphatic heterocycles. The zero-order chi connectivity index (χ0) is 15.7. The van der Waals surface area contributed by atoms with Crippen LogP contribution in [0.15, 0.2) is 34.2 Å². The van der Waals surface area contributed by atoms with Crippen LogP contribution in [0.25, 0.3) is 21.5 Å². The number of carboxylic acids is 1. The van der Waals surface area contributed by atoms with E-state index >= 15 is 0 Å². The molecule has 1 atom stereocenters. The van der Waals surface area contributed by atoms with Crippen molar-refractivity contribution in [3.05, 3.63) is 34.7 Å². The molecule has 0 saturated heterocycles. The molecule has 3 rings (SSSR count). The van der Waals surface area contributed by atoms with Crippen molar-refractivity contribution in [2.24, 2.45) is 0 Å². The van der Waals surface area contributed by atoms with Crippen LogP contribution in [0.3, 0.4) is 0 Å². The molecule has 0 bridgehead atoms. The molecule has 5 nitrogen and oxygen atoms in total. The lowest BCUT2D eigenvalue weighted by Crippen LogP contribution is -2.26. The van der Waals surface area contributed by atoms with Gasteiger partial charge in [0, 0.05) is 0 Å². The summed E-state index contributed by atoms with van der Waals surface area (Å²) in [5.41, 5.74) is 1.10. The summed E-state index contributed by atoms with van der Waals surface area (Å²) < 4.78 is 10.8. The van der Waals surface area contributed by atoms with Crippen LogP contribution in [0.4, 0.5) is 0 Å². The summed E-state index contributed by atoms with van der Waals surface area (Å²) in [6.07, 6.45) is -0.616. The molecule has 0 radical (unpaired) electrons. The minimum atomic E-state index is -1.03. The maximum atomic E-state index is 11.1. The number of nitrogens with zero attached hydrogens (tertiary/aromatic N) is 1. The molecule has 22 heavy (non-hydrogen) atoms. The van der Waals surface area contributed by atoms with Crippen LogP contribution in [0.1, 0.15) is 13.3 Å². The third-order valence-electron chi connectivity index (χ3n) is 3.22. The second kappa shape index (κ2) is 5.98. The summed E-state index contributed by atoms with van der Waals surface area (Å²) in [4.78, 5) is 12.0. The van der Waals surface area contributed by atoms with Crippen molar-refractivity contribution in [2.45, 2.75) is 19.4 Å². The molecule has 1 N–H and O–H groups in total. The van der Waals surface area contributed by atoms with Gasteiger partial charge >= 0.3 is 5.97 Å². The molecule has 2 heterocycles. The molecule has 0 aliphatic carbocycles. The Bertz CT molecular complexity index is 812. The van der Waals surface area contributed by atoms with Gasteiger partial charge in [-0.2, -0.15) is 0 Å². The average molecular weight is 338 g/mol. The summed E-state index contributed by atoms with van der Waals surface area (Å²) in [6.45, 7) is 1.73. The van der Waals surface area contributed by atoms with Crippen LogP contribution in [-0.2, 0) is 4.79 Å². The van der Waals surface area contributed by atoms with E-state index in [-0.39, 0.29) is 10.8 Å². The lowest BCUT2D eigenvalue weighted by atomic mass is 10.2. The fourth-order valence-corrected chi connectivity index (χ4v) is 3.06. The molecule has 0 fully saturated rings. The van der Waals surface area contributed by atoms with Gasteiger partial charge in [-0.3, -0.25) is 0 Å². The van der Waals surface area contributed by atoms with Crippen LogP contribution in [-0.4, -0.2) is 22.3 Å². The number of aromatic nitrogens is 1. The van der Waals surface area contributed by atoms with Crippen molar-refractivity contribution in [3.63, 3.8) is 0 Å². The van der Waals surface area contributed by atoms with E-state index in [2.05, 4.69) is 5.16 Å². The second-order valence-electron chi connectivity index (χ2n) is 4.62. The van der Waals surface area contributed by atoms with Crippen LogP contribution in [0.5, 0.6) is 5.75 Å². The second-order valence-corrected chi connectivity index (χ2v) is 5.94. The Labute approximate surface area is 135 Å². The van der Waals surface area contributed by atoms with Gasteiger partial charge in [0.2, 0.25) is 0 Å². The molecule has 1 aromatic carbocycles. The zero-order valence-corrected chi connectivity index (χ0v) is 13.1. The van der Waals surface area contributed by atoms with Gasteiger partial charge in [0.1, 0.15) is 16.5 Å². The number of ether oxygens (including phenoxy) is 1. The van der Waals surface area contributed by atoms with E-state index in [4.69, 9.17) is 26.0 Å². The molecule has 114 valence electrons. The lowest BCUT2D eigenvalue weighted by molar-refractivity contribution is -0.145. The maximum Gasteiger partial charge on any atom is 0.344 e. The first kappa shape index (κ1) is 14.9. The summed E-state index contributed by atoms with van der Waals surface area (Å²) in [7, 11) is 0. The highest BCUT2D eigenvalue weighted by atomic mass is 35.5. The van der Waals surface area contributed by atoms with Crippen molar-refractivity contribution in [1.82, 2.24) is 5.16 Å². The predicted molar refractivity (Wildman–Crippen MR) is 84.7 cm³/mol. The fraction of sp³-hybridized carbons (Fsp3) is 0.200. The number of carbonyl (C=O) groups is 1. The number of benzene rings is 1. The highest BCUT2D eigenvalue weighted by Gasteiger charge is 2.21. The van der Waals surface area contributed by atoms with E-state index in [0.29, 0.717) is 17.7 Å². The van der Waals surface area contributed by atoms with Crippen molar-refractivity contribution < 1.29 is 19.2 Å². The molecule has 7 heteroatoms. The maximum absolute atomic E-state index is 11.1. The lowest BCUT2D eigenvalue weighted by Gasteiger charge is -2.14. The van der Waals surface area contributed by atoms with Crippen LogP contribution in [0, 0.1) is 0 Å². The number of carboxylic acid groups (broad SMARTS) is 1. The van der Waals surface area contributed by atoms with Crippen molar-refractivity contribution in [1.29, 1.82) is 0 Å². The van der Waals surface area contributed by atoms with Crippen molar-refractivity contribution in [2.75, 3.05) is 0 Å². The minimum Gasteiger partial charge on any atom is -0.479 e. The third-order valence-corrected chi connectivity index (χ3v) is 4.45. The Kier molecular flexibility index (Phi) is 4.04. The standard InChI is InChI=1S/C15H12ClNO4S/c1-2-9(15(18)19)20-10-6-5-8-13(11-4-3-7-22-11)17-21-14(8)12(10)16/h3-7,9H,2H2,1H3,(H,18,19). The largest absolute Gasteiger partial charge is 0.479 e. The Balaban J connectivity index is 2.02. The van der Waals surface area contributed by atoms with Gasteiger partial charge in [0.25, 0.3) is 0 Å². The first-order valence-corrected chi connectivity index (χ1v) is 7.88. The molecular weight excluding hydrogens is 326 g/mol. The minimum absolute atomic E-state index is 0.229. The monoisotopic (exact) mass is 337 g/mol. The summed E-state index contributed by atoms with van der Waals surface area (Å²) >= 11 is 7.82. The number of thiophene rings is 1. The Hall–Kier alpha value is -2.05. The Morgan fingerprint density at radius 2 is 2.32 bits per heavy atom. The van der Waals surface area contributed by atoms with Crippen LogP contribution in [0.2, 0.25) is 5.02 Å². The zero-order valence-electron chi connectivity index (χ0n) is 11.6. The smallest absolute Gasteiger partial charge is 0.344 e. The van der Waals surface area contributed by atoms with E-state index in [1.165, 1.54) is 0 Å². The van der Waals surface area contributed by atoms with Crippen LogP contribution >= 0.6 is 22.9 Å². The number of hydrogen-bond donors (Lipinski definition) is 1. The Morgan fingerprint density at radius 3 is 2.95 bits per heavy atom. The fourth-order valence-electron chi connectivity index (χ4n) is 2.10. The first-order chi connectivity index (χ1) is 10.6. The number of rotatable bonds is 5. The van der Waals surface area contributed by atoms with E-state index in [9.17, 15) is 4.79 Å². The van der Waals surface area contributed by atoms with Gasteiger partial charge < -0.3 is 14.4 Å². The number of halogens is 1. The molecular formula is C15H12ClNO4S. The average Bonchev–Trinajstić information content (AvgIpc) is 3.15. The molecule has 0 spiro atoms. The summed E-state index contributed by atoms with van der Waals surface area (Å²) in [5, 5.41) is 16.1. The number of hydrogen-bond acceptors (Lipinski definition) is 5. The van der Waals surface area contributed by atoms with Gasteiger partial charge in [0.05, 0.1) is 10.3 Å². The van der Waals surface area contributed by atoms with Gasteiger partial charge in [-0.15, -0.1) is 11.3 Å². The van der Waals surface area contributed by atoms with Crippen molar-refractivity contribution >= 4 is 39.9 Å². The van der Waals surface area contributed by atoms with E-state index in [1.807, 2.05) is 17.5 Å². The van der Waals surface area contributed by atoms with E-state index in [1.54, 1.807) is 30.4 Å². The molecule has 1 unspecified atom stereocenters. The molecule has 0 aliphatic rings. The van der Waals surface area contributed by atoms with E-state index < -0.39 is 12.1 Å². The third kappa shape index (κ3) is 2.55. The number of aliphatic carboxylic acids is 1. The van der Waals surface area contributed by atoms with Gasteiger partial charge in [0.15, 0.2) is 11.7 Å².